The molecule has 0 spiro atoms. The third kappa shape index (κ3) is 2.83. The predicted octanol–water partition coefficient (Wildman–Crippen LogP) is 2.83. The second-order valence-electron chi connectivity index (χ2n) is 5.84. The number of carbonyl (C=O) groups excluding carboxylic acids is 1. The Labute approximate surface area is 124 Å². The summed E-state index contributed by atoms with van der Waals surface area (Å²) >= 11 is 0. The Kier molecular flexibility index (Phi) is 3.52. The number of aliphatic hydroxyl groups is 1. The first-order valence-corrected chi connectivity index (χ1v) is 7.19. The van der Waals surface area contributed by atoms with Gasteiger partial charge in [0.15, 0.2) is 0 Å². The maximum Gasteiger partial charge on any atom is 0.226 e. The van der Waals surface area contributed by atoms with Crippen LogP contribution in [0.2, 0.25) is 0 Å². The Morgan fingerprint density at radius 1 is 1.05 bits per heavy atom. The fraction of sp³-hybridized carbons (Fsp3) is 0.278. The lowest BCUT2D eigenvalue weighted by molar-refractivity contribution is -0.136. The topological polar surface area (TPSA) is 40.5 Å². The van der Waals surface area contributed by atoms with E-state index in [4.69, 9.17) is 0 Å². The van der Waals surface area contributed by atoms with Gasteiger partial charge in [0.05, 0.1) is 12.0 Å². The van der Waals surface area contributed by atoms with E-state index in [1.54, 1.807) is 6.92 Å². The van der Waals surface area contributed by atoms with Gasteiger partial charge >= 0.3 is 0 Å². The van der Waals surface area contributed by atoms with Gasteiger partial charge in [-0.2, -0.15) is 0 Å². The lowest BCUT2D eigenvalue weighted by Gasteiger charge is -2.26. The van der Waals surface area contributed by atoms with E-state index in [1.807, 2.05) is 47.4 Å². The minimum atomic E-state index is -1.13. The summed E-state index contributed by atoms with van der Waals surface area (Å²) in [6.45, 7) is 2.98. The molecule has 108 valence electrons. The number of carbonyl (C=O) groups is 1. The molecule has 1 unspecified atom stereocenters. The molecule has 1 aliphatic rings. The van der Waals surface area contributed by atoms with E-state index in [9.17, 15) is 9.90 Å². The molecule has 21 heavy (non-hydrogen) atoms. The molecule has 1 atom stereocenters. The van der Waals surface area contributed by atoms with Crippen molar-refractivity contribution in [3.8, 4) is 0 Å². The molecule has 0 saturated carbocycles. The van der Waals surface area contributed by atoms with Gasteiger partial charge in [0.1, 0.15) is 0 Å². The second kappa shape index (κ2) is 5.34. The van der Waals surface area contributed by atoms with E-state index in [-0.39, 0.29) is 12.3 Å². The molecule has 1 N–H and O–H groups in total. The third-order valence-corrected chi connectivity index (χ3v) is 4.08. The second-order valence-corrected chi connectivity index (χ2v) is 5.84. The van der Waals surface area contributed by atoms with Crippen LogP contribution in [0.15, 0.2) is 54.6 Å². The zero-order chi connectivity index (χ0) is 14.9. The third-order valence-electron chi connectivity index (χ3n) is 4.08. The van der Waals surface area contributed by atoms with Gasteiger partial charge in [0.25, 0.3) is 0 Å². The molecule has 0 bridgehead atoms. The van der Waals surface area contributed by atoms with Crippen molar-refractivity contribution in [3.63, 3.8) is 0 Å². The molecule has 0 aliphatic carbocycles. The van der Waals surface area contributed by atoms with Crippen LogP contribution in [0, 0.1) is 0 Å². The highest BCUT2D eigenvalue weighted by atomic mass is 16.3. The summed E-state index contributed by atoms with van der Waals surface area (Å²) in [5.74, 6) is -0.0138. The largest absolute Gasteiger partial charge is 0.385 e. The summed E-state index contributed by atoms with van der Waals surface area (Å²) < 4.78 is 0. The Morgan fingerprint density at radius 3 is 2.14 bits per heavy atom. The van der Waals surface area contributed by atoms with Crippen LogP contribution in [0.3, 0.4) is 0 Å². The van der Waals surface area contributed by atoms with Gasteiger partial charge in [-0.15, -0.1) is 0 Å². The molecule has 0 saturated heterocycles. The molecule has 1 heterocycles. The number of benzene rings is 2. The summed E-state index contributed by atoms with van der Waals surface area (Å²) in [7, 11) is 0. The number of fused-ring (bicyclic) bond motifs is 1. The van der Waals surface area contributed by atoms with Crippen LogP contribution in [-0.4, -0.2) is 15.9 Å². The standard InChI is InChI=1S/C18H19NO2/c1-18(21,16-9-3-2-4-10-16)11-17(20)19-12-14-7-5-6-8-15(14)13-19/h2-10,21H,11-13H2,1H3. The molecule has 3 heteroatoms. The first-order chi connectivity index (χ1) is 10.1. The summed E-state index contributed by atoms with van der Waals surface area (Å²) in [6, 6.07) is 17.5. The zero-order valence-electron chi connectivity index (χ0n) is 12.1. The SMILES string of the molecule is CC(O)(CC(=O)N1Cc2ccccc2C1)c1ccccc1. The highest BCUT2D eigenvalue weighted by Gasteiger charge is 2.31. The van der Waals surface area contributed by atoms with Gasteiger partial charge in [-0.3, -0.25) is 4.79 Å². The zero-order valence-corrected chi connectivity index (χ0v) is 12.1. The normalized spacial score (nSPS) is 16.4. The van der Waals surface area contributed by atoms with Crippen molar-refractivity contribution in [2.45, 2.75) is 32.0 Å². The van der Waals surface area contributed by atoms with Crippen molar-refractivity contribution in [2.75, 3.05) is 0 Å². The lowest BCUT2D eigenvalue weighted by Crippen LogP contribution is -2.33. The molecular weight excluding hydrogens is 262 g/mol. The van der Waals surface area contributed by atoms with Crippen LogP contribution < -0.4 is 0 Å². The van der Waals surface area contributed by atoms with Gasteiger partial charge in [-0.25, -0.2) is 0 Å². The minimum absolute atomic E-state index is 0.0138. The summed E-state index contributed by atoms with van der Waals surface area (Å²) in [5.41, 5.74) is 2.04. The van der Waals surface area contributed by atoms with E-state index >= 15 is 0 Å². The average Bonchev–Trinajstić information content (AvgIpc) is 2.92. The molecule has 3 nitrogen and oxygen atoms in total. The van der Waals surface area contributed by atoms with Gasteiger partial charge in [-0.05, 0) is 23.6 Å². The van der Waals surface area contributed by atoms with Crippen LogP contribution in [0.4, 0.5) is 0 Å². The average molecular weight is 281 g/mol. The first-order valence-electron chi connectivity index (χ1n) is 7.19. The molecule has 3 rings (SSSR count). The first kappa shape index (κ1) is 13.8. The van der Waals surface area contributed by atoms with Crippen molar-refractivity contribution in [1.82, 2.24) is 4.90 Å². The highest BCUT2D eigenvalue weighted by molar-refractivity contribution is 5.78. The maximum absolute atomic E-state index is 12.5. The summed E-state index contributed by atoms with van der Waals surface area (Å²) in [4.78, 5) is 14.3. The summed E-state index contributed by atoms with van der Waals surface area (Å²) in [6.07, 6.45) is 0.102. The Bertz CT molecular complexity index is 624. The quantitative estimate of drug-likeness (QED) is 0.940. The van der Waals surface area contributed by atoms with Gasteiger partial charge in [0.2, 0.25) is 5.91 Å². The van der Waals surface area contributed by atoms with Crippen LogP contribution in [0.25, 0.3) is 0 Å². The van der Waals surface area contributed by atoms with E-state index in [1.165, 1.54) is 11.1 Å². The lowest BCUT2D eigenvalue weighted by atomic mass is 9.92. The number of nitrogens with zero attached hydrogens (tertiary/aromatic N) is 1. The van der Waals surface area contributed by atoms with Gasteiger partial charge in [-0.1, -0.05) is 54.6 Å². The maximum atomic E-state index is 12.5. The van der Waals surface area contributed by atoms with E-state index in [0.29, 0.717) is 13.1 Å². The smallest absolute Gasteiger partial charge is 0.226 e. The molecule has 1 amide bonds. The number of hydrogen-bond donors (Lipinski definition) is 1. The Hall–Kier alpha value is -2.13. The van der Waals surface area contributed by atoms with Crippen LogP contribution >= 0.6 is 0 Å². The van der Waals surface area contributed by atoms with E-state index in [0.717, 1.165) is 5.56 Å². The predicted molar refractivity (Wildman–Crippen MR) is 81.3 cm³/mol. The fourth-order valence-corrected chi connectivity index (χ4v) is 2.82. The van der Waals surface area contributed by atoms with Crippen molar-refractivity contribution >= 4 is 5.91 Å². The molecule has 0 fully saturated rings. The van der Waals surface area contributed by atoms with E-state index < -0.39 is 5.60 Å². The van der Waals surface area contributed by atoms with Crippen molar-refractivity contribution < 1.29 is 9.90 Å². The minimum Gasteiger partial charge on any atom is -0.385 e. The Balaban J connectivity index is 1.71. The Morgan fingerprint density at radius 2 is 1.57 bits per heavy atom. The van der Waals surface area contributed by atoms with Crippen LogP contribution in [0.1, 0.15) is 30.0 Å². The fourth-order valence-electron chi connectivity index (χ4n) is 2.82. The van der Waals surface area contributed by atoms with Crippen molar-refractivity contribution in [1.29, 1.82) is 0 Å². The van der Waals surface area contributed by atoms with Gasteiger partial charge < -0.3 is 10.0 Å². The highest BCUT2D eigenvalue weighted by Crippen LogP contribution is 2.28. The van der Waals surface area contributed by atoms with Crippen LogP contribution in [-0.2, 0) is 23.5 Å². The monoisotopic (exact) mass is 281 g/mol. The number of amides is 1. The number of hydrogen-bond acceptors (Lipinski definition) is 2. The molecule has 0 aromatic heterocycles. The van der Waals surface area contributed by atoms with Crippen molar-refractivity contribution in [3.05, 3.63) is 71.3 Å². The molecule has 1 aliphatic heterocycles. The van der Waals surface area contributed by atoms with Crippen LogP contribution in [0.5, 0.6) is 0 Å². The van der Waals surface area contributed by atoms with Crippen molar-refractivity contribution in [2.24, 2.45) is 0 Å². The number of rotatable bonds is 3. The van der Waals surface area contributed by atoms with E-state index in [2.05, 4.69) is 12.1 Å². The molecule has 2 aromatic carbocycles. The molecular formula is C18H19NO2. The molecule has 2 aromatic rings. The molecule has 0 radical (unpaired) electrons. The van der Waals surface area contributed by atoms with Gasteiger partial charge in [0, 0.05) is 13.1 Å². The summed E-state index contributed by atoms with van der Waals surface area (Å²) in [5, 5.41) is 10.6.